The maximum Gasteiger partial charge on any atom is 0.349 e. The van der Waals surface area contributed by atoms with E-state index in [-0.39, 0.29) is 18.9 Å². The molecule has 1 amide bonds. The maximum atomic E-state index is 12.3. The number of nitrogens with zero attached hydrogens (tertiary/aromatic N) is 2. The van der Waals surface area contributed by atoms with Gasteiger partial charge in [-0.25, -0.2) is 4.79 Å². The van der Waals surface area contributed by atoms with Gasteiger partial charge in [0.1, 0.15) is 11.6 Å². The number of nitrogens with one attached hydrogen (secondary N) is 1. The molecule has 0 unspecified atom stereocenters. The third-order valence-corrected chi connectivity index (χ3v) is 4.96. The summed E-state index contributed by atoms with van der Waals surface area (Å²) in [6, 6.07) is 9.15. The SMILES string of the molecule is CCCn1c(C)cc(/C=C(/C#N)C(=O)OCC(=O)NCc2ccc3c(c2)OCO3)c1C. The van der Waals surface area contributed by atoms with Crippen LogP contribution >= 0.6 is 0 Å². The Balaban J connectivity index is 1.55. The van der Waals surface area contributed by atoms with E-state index in [2.05, 4.69) is 16.8 Å². The average molecular weight is 423 g/mol. The molecule has 3 rings (SSSR count). The minimum atomic E-state index is -0.832. The van der Waals surface area contributed by atoms with Crippen molar-refractivity contribution in [1.29, 1.82) is 5.26 Å². The van der Waals surface area contributed by atoms with E-state index in [1.807, 2.05) is 32.0 Å². The summed E-state index contributed by atoms with van der Waals surface area (Å²) < 4.78 is 17.7. The van der Waals surface area contributed by atoms with Crippen LogP contribution in [0.15, 0.2) is 29.8 Å². The van der Waals surface area contributed by atoms with Crippen molar-refractivity contribution in [2.45, 2.75) is 40.3 Å². The summed E-state index contributed by atoms with van der Waals surface area (Å²) in [5.41, 5.74) is 3.48. The Morgan fingerprint density at radius 3 is 2.77 bits per heavy atom. The predicted octanol–water partition coefficient (Wildman–Crippen LogP) is 3.01. The molecule has 162 valence electrons. The van der Waals surface area contributed by atoms with Crippen LogP contribution in [-0.2, 0) is 27.4 Å². The summed E-state index contributed by atoms with van der Waals surface area (Å²) in [7, 11) is 0. The van der Waals surface area contributed by atoms with Gasteiger partial charge in [-0.15, -0.1) is 0 Å². The van der Waals surface area contributed by atoms with Gasteiger partial charge in [-0.3, -0.25) is 4.79 Å². The number of ether oxygens (including phenoxy) is 3. The number of nitriles is 1. The zero-order chi connectivity index (χ0) is 22.4. The van der Waals surface area contributed by atoms with Gasteiger partial charge in [0, 0.05) is 24.5 Å². The molecule has 1 aromatic carbocycles. The fourth-order valence-electron chi connectivity index (χ4n) is 3.35. The Labute approximate surface area is 181 Å². The van der Waals surface area contributed by atoms with E-state index in [1.54, 1.807) is 12.1 Å². The molecule has 0 radical (unpaired) electrons. The Morgan fingerprint density at radius 2 is 2.03 bits per heavy atom. The van der Waals surface area contributed by atoms with Gasteiger partial charge in [-0.1, -0.05) is 13.0 Å². The number of carbonyl (C=O) groups is 2. The minimum absolute atomic E-state index is 0.152. The summed E-state index contributed by atoms with van der Waals surface area (Å²) in [5.74, 6) is -0.0129. The number of aromatic nitrogens is 1. The van der Waals surface area contributed by atoms with Crippen LogP contribution in [0.1, 0.15) is 35.9 Å². The van der Waals surface area contributed by atoms with E-state index in [0.29, 0.717) is 11.5 Å². The van der Waals surface area contributed by atoms with E-state index < -0.39 is 18.5 Å². The molecule has 0 saturated heterocycles. The standard InChI is InChI=1S/C23H25N3O5/c1-4-7-26-15(2)8-18(16(26)3)10-19(11-24)23(28)29-13-22(27)25-12-17-5-6-20-21(9-17)31-14-30-20/h5-6,8-10H,4,7,12-14H2,1-3H3,(H,25,27)/b19-10-. The summed E-state index contributed by atoms with van der Waals surface area (Å²) >= 11 is 0. The van der Waals surface area contributed by atoms with Crippen LogP contribution in [0.2, 0.25) is 0 Å². The Bertz CT molecular complexity index is 1060. The van der Waals surface area contributed by atoms with Gasteiger partial charge in [-0.05, 0) is 55.7 Å². The summed E-state index contributed by atoms with van der Waals surface area (Å²) in [6.45, 7) is 6.82. The molecular weight excluding hydrogens is 398 g/mol. The molecule has 1 N–H and O–H groups in total. The van der Waals surface area contributed by atoms with Crippen LogP contribution in [0, 0.1) is 25.2 Å². The third-order valence-electron chi connectivity index (χ3n) is 4.96. The van der Waals surface area contributed by atoms with Crippen molar-refractivity contribution in [1.82, 2.24) is 9.88 Å². The molecule has 0 atom stereocenters. The monoisotopic (exact) mass is 423 g/mol. The second kappa shape index (κ2) is 9.85. The van der Waals surface area contributed by atoms with E-state index >= 15 is 0 Å². The van der Waals surface area contributed by atoms with Crippen molar-refractivity contribution in [2.75, 3.05) is 13.4 Å². The first-order valence-corrected chi connectivity index (χ1v) is 10.0. The smallest absolute Gasteiger partial charge is 0.349 e. The molecule has 2 heterocycles. The minimum Gasteiger partial charge on any atom is -0.454 e. The van der Waals surface area contributed by atoms with Crippen LogP contribution in [0.25, 0.3) is 6.08 Å². The highest BCUT2D eigenvalue weighted by Crippen LogP contribution is 2.32. The van der Waals surface area contributed by atoms with Gasteiger partial charge in [0.05, 0.1) is 0 Å². The lowest BCUT2D eigenvalue weighted by molar-refractivity contribution is -0.144. The fraction of sp³-hybridized carbons (Fsp3) is 0.348. The molecule has 2 aromatic rings. The third kappa shape index (κ3) is 5.25. The quantitative estimate of drug-likeness (QED) is 0.398. The molecule has 0 aliphatic carbocycles. The number of rotatable bonds is 8. The van der Waals surface area contributed by atoms with Gasteiger partial charge in [0.2, 0.25) is 6.79 Å². The van der Waals surface area contributed by atoms with Crippen molar-refractivity contribution in [2.24, 2.45) is 0 Å². The molecule has 8 heteroatoms. The number of fused-ring (bicyclic) bond motifs is 1. The van der Waals surface area contributed by atoms with Gasteiger partial charge >= 0.3 is 5.97 Å². The molecular formula is C23H25N3O5. The van der Waals surface area contributed by atoms with Gasteiger partial charge in [0.25, 0.3) is 5.91 Å². The molecule has 0 saturated carbocycles. The number of hydrogen-bond acceptors (Lipinski definition) is 6. The van der Waals surface area contributed by atoms with E-state index in [1.165, 1.54) is 6.08 Å². The summed E-state index contributed by atoms with van der Waals surface area (Å²) in [4.78, 5) is 24.3. The van der Waals surface area contributed by atoms with Gasteiger partial charge in [0.15, 0.2) is 18.1 Å². The first kappa shape index (κ1) is 22.0. The lowest BCUT2D eigenvalue weighted by Gasteiger charge is -2.08. The largest absolute Gasteiger partial charge is 0.454 e. The fourth-order valence-corrected chi connectivity index (χ4v) is 3.35. The van der Waals surface area contributed by atoms with Gasteiger partial charge in [-0.2, -0.15) is 5.26 Å². The van der Waals surface area contributed by atoms with Crippen molar-refractivity contribution in [3.05, 3.63) is 52.4 Å². The second-order valence-corrected chi connectivity index (χ2v) is 7.19. The van der Waals surface area contributed by atoms with Crippen molar-refractivity contribution >= 4 is 18.0 Å². The van der Waals surface area contributed by atoms with E-state index in [0.717, 1.165) is 35.5 Å². The number of hydrogen-bond donors (Lipinski definition) is 1. The van der Waals surface area contributed by atoms with Crippen LogP contribution in [0.5, 0.6) is 11.5 Å². The normalized spacial score (nSPS) is 12.4. The molecule has 1 aliphatic rings. The first-order chi connectivity index (χ1) is 14.9. The number of aryl methyl sites for hydroxylation is 1. The van der Waals surface area contributed by atoms with Crippen LogP contribution in [0.4, 0.5) is 0 Å². The molecule has 8 nitrogen and oxygen atoms in total. The van der Waals surface area contributed by atoms with Gasteiger partial charge < -0.3 is 24.1 Å². The molecule has 0 spiro atoms. The highest BCUT2D eigenvalue weighted by Gasteiger charge is 2.16. The van der Waals surface area contributed by atoms with Crippen LogP contribution in [-0.4, -0.2) is 29.8 Å². The summed E-state index contributed by atoms with van der Waals surface area (Å²) in [5, 5.41) is 12.0. The first-order valence-electron chi connectivity index (χ1n) is 10.0. The molecule has 31 heavy (non-hydrogen) atoms. The highest BCUT2D eigenvalue weighted by atomic mass is 16.7. The molecule has 0 bridgehead atoms. The number of carbonyl (C=O) groups excluding carboxylic acids is 2. The Morgan fingerprint density at radius 1 is 1.26 bits per heavy atom. The topological polar surface area (TPSA) is 103 Å². The van der Waals surface area contributed by atoms with Crippen molar-refractivity contribution < 1.29 is 23.8 Å². The zero-order valence-corrected chi connectivity index (χ0v) is 17.9. The Hall–Kier alpha value is -3.73. The summed E-state index contributed by atoms with van der Waals surface area (Å²) in [6.07, 6.45) is 2.48. The highest BCUT2D eigenvalue weighted by molar-refractivity contribution is 5.99. The van der Waals surface area contributed by atoms with Crippen LogP contribution < -0.4 is 14.8 Å². The number of amides is 1. The van der Waals surface area contributed by atoms with E-state index in [9.17, 15) is 14.9 Å². The van der Waals surface area contributed by atoms with Crippen molar-refractivity contribution in [3.8, 4) is 17.6 Å². The average Bonchev–Trinajstić information content (AvgIpc) is 3.33. The van der Waals surface area contributed by atoms with Crippen LogP contribution in [0.3, 0.4) is 0 Å². The molecule has 0 fully saturated rings. The van der Waals surface area contributed by atoms with Crippen molar-refractivity contribution in [3.63, 3.8) is 0 Å². The lowest BCUT2D eigenvalue weighted by Crippen LogP contribution is -2.28. The second-order valence-electron chi connectivity index (χ2n) is 7.19. The lowest BCUT2D eigenvalue weighted by atomic mass is 10.1. The number of benzene rings is 1. The maximum absolute atomic E-state index is 12.3. The predicted molar refractivity (Wildman–Crippen MR) is 113 cm³/mol. The molecule has 1 aromatic heterocycles. The Kier molecular flexibility index (Phi) is 6.98. The number of esters is 1. The molecule has 1 aliphatic heterocycles. The zero-order valence-electron chi connectivity index (χ0n) is 17.9. The van der Waals surface area contributed by atoms with E-state index in [4.69, 9.17) is 14.2 Å².